The first-order valence-electron chi connectivity index (χ1n) is 5.60. The Labute approximate surface area is 101 Å². The first kappa shape index (κ1) is 11.5. The molecule has 1 aromatic carbocycles. The zero-order valence-electron chi connectivity index (χ0n) is 9.85. The van der Waals surface area contributed by atoms with Gasteiger partial charge in [0.15, 0.2) is 0 Å². The smallest absolute Gasteiger partial charge is 0.257 e. The Morgan fingerprint density at radius 1 is 1.41 bits per heavy atom. The largest absolute Gasteiger partial charge is 0.496 e. The fourth-order valence-electron chi connectivity index (χ4n) is 1.88. The first-order chi connectivity index (χ1) is 8.22. The molecule has 1 aliphatic heterocycles. The number of anilines is 1. The van der Waals surface area contributed by atoms with Crippen molar-refractivity contribution in [3.8, 4) is 5.75 Å². The van der Waals surface area contributed by atoms with E-state index in [1.807, 2.05) is 6.08 Å². The van der Waals surface area contributed by atoms with Gasteiger partial charge < -0.3 is 15.4 Å². The molecule has 1 aliphatic rings. The number of hydrogen-bond acceptors (Lipinski definition) is 3. The van der Waals surface area contributed by atoms with E-state index in [0.717, 1.165) is 13.0 Å². The molecule has 0 saturated carbocycles. The molecule has 0 saturated heterocycles. The van der Waals surface area contributed by atoms with Gasteiger partial charge in [-0.3, -0.25) is 4.79 Å². The molecule has 0 radical (unpaired) electrons. The average Bonchev–Trinajstić information content (AvgIpc) is 2.39. The van der Waals surface area contributed by atoms with Crippen LogP contribution in [0.1, 0.15) is 16.8 Å². The molecule has 2 N–H and O–H groups in total. The van der Waals surface area contributed by atoms with E-state index >= 15 is 0 Å². The zero-order chi connectivity index (χ0) is 12.3. The fourth-order valence-corrected chi connectivity index (χ4v) is 1.88. The number of benzene rings is 1. The molecule has 1 amide bonds. The van der Waals surface area contributed by atoms with Gasteiger partial charge in [0, 0.05) is 24.8 Å². The number of amides is 1. The Kier molecular flexibility index (Phi) is 3.32. The van der Waals surface area contributed by atoms with Crippen molar-refractivity contribution in [3.05, 3.63) is 35.9 Å². The van der Waals surface area contributed by atoms with Crippen molar-refractivity contribution in [2.75, 3.05) is 25.9 Å². The number of hydrogen-bond donors (Lipinski definition) is 1. The maximum Gasteiger partial charge on any atom is 0.257 e. The summed E-state index contributed by atoms with van der Waals surface area (Å²) in [6.45, 7) is 1.41. The van der Waals surface area contributed by atoms with E-state index in [2.05, 4.69) is 6.08 Å². The quantitative estimate of drug-likeness (QED) is 0.623. The molecular weight excluding hydrogens is 216 g/mol. The topological polar surface area (TPSA) is 55.6 Å². The van der Waals surface area contributed by atoms with Gasteiger partial charge in [-0.15, -0.1) is 0 Å². The zero-order valence-corrected chi connectivity index (χ0v) is 9.85. The Morgan fingerprint density at radius 3 is 2.88 bits per heavy atom. The van der Waals surface area contributed by atoms with E-state index in [1.165, 1.54) is 0 Å². The minimum absolute atomic E-state index is 0.00815. The van der Waals surface area contributed by atoms with Crippen LogP contribution in [-0.4, -0.2) is 31.0 Å². The molecular formula is C13H16N2O2. The highest BCUT2D eigenvalue weighted by molar-refractivity contribution is 5.97. The van der Waals surface area contributed by atoms with Gasteiger partial charge in [-0.05, 0) is 18.6 Å². The fraction of sp³-hybridized carbons (Fsp3) is 0.308. The molecule has 17 heavy (non-hydrogen) atoms. The van der Waals surface area contributed by atoms with E-state index in [0.29, 0.717) is 23.5 Å². The molecule has 0 aromatic heterocycles. The average molecular weight is 232 g/mol. The van der Waals surface area contributed by atoms with Crippen LogP contribution in [0.4, 0.5) is 5.69 Å². The van der Waals surface area contributed by atoms with Gasteiger partial charge in [-0.1, -0.05) is 12.2 Å². The van der Waals surface area contributed by atoms with Crippen molar-refractivity contribution in [1.29, 1.82) is 0 Å². The molecule has 4 heteroatoms. The second-order valence-electron chi connectivity index (χ2n) is 3.97. The van der Waals surface area contributed by atoms with Crippen LogP contribution in [0.3, 0.4) is 0 Å². The molecule has 0 aliphatic carbocycles. The van der Waals surface area contributed by atoms with Crippen LogP contribution in [0.15, 0.2) is 30.4 Å². The molecule has 1 aromatic rings. The van der Waals surface area contributed by atoms with E-state index in [-0.39, 0.29) is 5.91 Å². The summed E-state index contributed by atoms with van der Waals surface area (Å²) in [5.74, 6) is 0.524. The van der Waals surface area contributed by atoms with Crippen molar-refractivity contribution in [1.82, 2.24) is 4.90 Å². The molecule has 1 heterocycles. The number of rotatable bonds is 2. The number of methoxy groups -OCH3 is 1. The van der Waals surface area contributed by atoms with E-state index < -0.39 is 0 Å². The third-order valence-corrected chi connectivity index (χ3v) is 2.80. The summed E-state index contributed by atoms with van der Waals surface area (Å²) in [6, 6.07) is 5.11. The van der Waals surface area contributed by atoms with Gasteiger partial charge in [-0.25, -0.2) is 0 Å². The van der Waals surface area contributed by atoms with Gasteiger partial charge >= 0.3 is 0 Å². The number of ether oxygens (including phenoxy) is 1. The summed E-state index contributed by atoms with van der Waals surface area (Å²) in [4.78, 5) is 14.1. The summed E-state index contributed by atoms with van der Waals surface area (Å²) >= 11 is 0. The van der Waals surface area contributed by atoms with Gasteiger partial charge in [0.1, 0.15) is 5.75 Å². The van der Waals surface area contributed by atoms with Crippen LogP contribution in [0.5, 0.6) is 5.75 Å². The van der Waals surface area contributed by atoms with Crippen LogP contribution < -0.4 is 10.5 Å². The minimum atomic E-state index is -0.00815. The van der Waals surface area contributed by atoms with Crippen molar-refractivity contribution < 1.29 is 9.53 Å². The van der Waals surface area contributed by atoms with Gasteiger partial charge in [0.2, 0.25) is 0 Å². The molecule has 0 bridgehead atoms. The lowest BCUT2D eigenvalue weighted by Crippen LogP contribution is -2.33. The highest BCUT2D eigenvalue weighted by Gasteiger charge is 2.19. The first-order valence-corrected chi connectivity index (χ1v) is 5.60. The third-order valence-electron chi connectivity index (χ3n) is 2.80. The molecule has 0 spiro atoms. The van der Waals surface area contributed by atoms with Crippen LogP contribution in [0.25, 0.3) is 0 Å². The maximum absolute atomic E-state index is 12.3. The van der Waals surface area contributed by atoms with Gasteiger partial charge in [0.05, 0.1) is 12.7 Å². The molecule has 0 fully saturated rings. The standard InChI is InChI=1S/C13H16N2O2/c1-17-12-9-10(14)5-6-11(12)13(16)15-7-3-2-4-8-15/h2-3,5-6,9H,4,7-8,14H2,1H3. The normalized spacial score (nSPS) is 14.8. The Balaban J connectivity index is 2.26. The van der Waals surface area contributed by atoms with Crippen molar-refractivity contribution in [2.45, 2.75) is 6.42 Å². The van der Waals surface area contributed by atoms with Gasteiger partial charge in [-0.2, -0.15) is 0 Å². The van der Waals surface area contributed by atoms with Crippen LogP contribution in [0, 0.1) is 0 Å². The Bertz CT molecular complexity index is 455. The lowest BCUT2D eigenvalue weighted by atomic mass is 10.1. The summed E-state index contributed by atoms with van der Waals surface area (Å²) < 4.78 is 5.19. The van der Waals surface area contributed by atoms with Gasteiger partial charge in [0.25, 0.3) is 5.91 Å². The number of nitrogen functional groups attached to an aromatic ring is 1. The van der Waals surface area contributed by atoms with E-state index in [1.54, 1.807) is 30.2 Å². The monoisotopic (exact) mass is 232 g/mol. The lowest BCUT2D eigenvalue weighted by Gasteiger charge is -2.24. The summed E-state index contributed by atoms with van der Waals surface area (Å²) in [6.07, 6.45) is 5.00. The highest BCUT2D eigenvalue weighted by Crippen LogP contribution is 2.23. The minimum Gasteiger partial charge on any atom is -0.496 e. The van der Waals surface area contributed by atoms with Crippen molar-refractivity contribution in [2.24, 2.45) is 0 Å². The summed E-state index contributed by atoms with van der Waals surface area (Å²) in [5.41, 5.74) is 6.83. The number of nitrogens with zero attached hydrogens (tertiary/aromatic N) is 1. The second-order valence-corrected chi connectivity index (χ2v) is 3.97. The van der Waals surface area contributed by atoms with Crippen molar-refractivity contribution in [3.63, 3.8) is 0 Å². The lowest BCUT2D eigenvalue weighted by molar-refractivity contribution is 0.0767. The molecule has 0 atom stereocenters. The molecule has 4 nitrogen and oxygen atoms in total. The molecule has 2 rings (SSSR count). The van der Waals surface area contributed by atoms with Crippen molar-refractivity contribution >= 4 is 11.6 Å². The highest BCUT2D eigenvalue weighted by atomic mass is 16.5. The van der Waals surface area contributed by atoms with E-state index in [4.69, 9.17) is 10.5 Å². The second kappa shape index (κ2) is 4.91. The predicted molar refractivity (Wildman–Crippen MR) is 67.1 cm³/mol. The third kappa shape index (κ3) is 2.41. The molecule has 90 valence electrons. The van der Waals surface area contributed by atoms with E-state index in [9.17, 15) is 4.79 Å². The predicted octanol–water partition coefficient (Wildman–Crippen LogP) is 1.68. The Morgan fingerprint density at radius 2 is 2.24 bits per heavy atom. The van der Waals surface area contributed by atoms with Crippen LogP contribution in [0.2, 0.25) is 0 Å². The van der Waals surface area contributed by atoms with Crippen LogP contribution in [-0.2, 0) is 0 Å². The molecule has 0 unspecified atom stereocenters. The van der Waals surface area contributed by atoms with Crippen LogP contribution >= 0.6 is 0 Å². The number of carbonyl (C=O) groups is 1. The summed E-state index contributed by atoms with van der Waals surface area (Å²) in [5, 5.41) is 0. The maximum atomic E-state index is 12.3. The number of nitrogens with two attached hydrogens (primary N) is 1. The Hall–Kier alpha value is -1.97. The number of carbonyl (C=O) groups excluding carboxylic acids is 1. The SMILES string of the molecule is COc1cc(N)ccc1C(=O)N1CC=CCC1. The summed E-state index contributed by atoms with van der Waals surface area (Å²) in [7, 11) is 1.54.